The largest absolute Gasteiger partial charge is 0.370 e. The van der Waals surface area contributed by atoms with Crippen molar-refractivity contribution in [2.75, 3.05) is 11.9 Å². The van der Waals surface area contributed by atoms with Gasteiger partial charge in [0.25, 0.3) is 0 Å². The third kappa shape index (κ3) is 2.79. The predicted octanol–water partition coefficient (Wildman–Crippen LogP) is 1.74. The van der Waals surface area contributed by atoms with Crippen LogP contribution in [0.25, 0.3) is 0 Å². The minimum atomic E-state index is 0.651. The van der Waals surface area contributed by atoms with Crippen LogP contribution in [-0.2, 0) is 6.42 Å². The van der Waals surface area contributed by atoms with Gasteiger partial charge in [-0.05, 0) is 31.5 Å². The number of aryl methyl sites for hydroxylation is 2. The van der Waals surface area contributed by atoms with E-state index in [1.54, 1.807) is 6.20 Å². The highest BCUT2D eigenvalue weighted by Crippen LogP contribution is 2.05. The van der Waals surface area contributed by atoms with Gasteiger partial charge in [-0.3, -0.25) is 0 Å². The topological polar surface area (TPSA) is 63.8 Å². The van der Waals surface area contributed by atoms with E-state index in [9.17, 15) is 0 Å². The van der Waals surface area contributed by atoms with Gasteiger partial charge >= 0.3 is 0 Å². The highest BCUT2D eigenvalue weighted by molar-refractivity contribution is 5.36. The van der Waals surface area contributed by atoms with Gasteiger partial charge in [-0.25, -0.2) is 4.98 Å². The van der Waals surface area contributed by atoms with E-state index in [4.69, 9.17) is 4.52 Å². The molecule has 2 aromatic rings. The third-order valence-electron chi connectivity index (χ3n) is 2.13. The molecule has 0 aliphatic heterocycles. The van der Waals surface area contributed by atoms with Gasteiger partial charge in [-0.1, -0.05) is 5.16 Å². The van der Waals surface area contributed by atoms with E-state index in [0.29, 0.717) is 18.1 Å². The first-order valence-corrected chi connectivity index (χ1v) is 5.20. The maximum absolute atomic E-state index is 5.00. The maximum atomic E-state index is 5.00. The average molecular weight is 218 g/mol. The number of aromatic nitrogens is 3. The molecule has 0 bridgehead atoms. The molecule has 0 saturated heterocycles. The fraction of sp³-hybridized carbons (Fsp3) is 0.364. The summed E-state index contributed by atoms with van der Waals surface area (Å²) >= 11 is 0. The van der Waals surface area contributed by atoms with Crippen LogP contribution in [0.1, 0.15) is 17.3 Å². The smallest absolute Gasteiger partial charge is 0.228 e. The van der Waals surface area contributed by atoms with E-state index in [0.717, 1.165) is 12.4 Å². The fourth-order valence-electron chi connectivity index (χ4n) is 1.37. The van der Waals surface area contributed by atoms with Crippen molar-refractivity contribution in [2.24, 2.45) is 0 Å². The molecule has 1 N–H and O–H groups in total. The minimum Gasteiger partial charge on any atom is -0.370 e. The standard InChI is InChI=1S/C11H14N4O/c1-8-3-5-12-10(7-8)13-6-4-11-14-9(2)15-16-11/h3,5,7H,4,6H2,1-2H3,(H,12,13). The molecule has 0 aliphatic carbocycles. The van der Waals surface area contributed by atoms with Crippen molar-refractivity contribution in [3.63, 3.8) is 0 Å². The molecule has 5 heteroatoms. The molecule has 0 amide bonds. The Balaban J connectivity index is 1.84. The van der Waals surface area contributed by atoms with Crippen LogP contribution in [0.15, 0.2) is 22.9 Å². The van der Waals surface area contributed by atoms with Crippen LogP contribution >= 0.6 is 0 Å². The van der Waals surface area contributed by atoms with Gasteiger partial charge in [0.1, 0.15) is 5.82 Å². The van der Waals surface area contributed by atoms with Crippen molar-refractivity contribution in [3.05, 3.63) is 35.6 Å². The highest BCUT2D eigenvalue weighted by atomic mass is 16.5. The molecule has 0 atom stereocenters. The molecule has 2 heterocycles. The van der Waals surface area contributed by atoms with Crippen molar-refractivity contribution < 1.29 is 4.52 Å². The van der Waals surface area contributed by atoms with Gasteiger partial charge in [0.15, 0.2) is 5.82 Å². The normalized spacial score (nSPS) is 10.4. The van der Waals surface area contributed by atoms with Gasteiger partial charge in [0, 0.05) is 19.2 Å². The number of hydrogen-bond donors (Lipinski definition) is 1. The lowest BCUT2D eigenvalue weighted by Gasteiger charge is -2.03. The van der Waals surface area contributed by atoms with Crippen LogP contribution in [0.4, 0.5) is 5.82 Å². The van der Waals surface area contributed by atoms with Crippen molar-refractivity contribution in [1.82, 2.24) is 15.1 Å². The van der Waals surface area contributed by atoms with E-state index in [2.05, 4.69) is 20.4 Å². The second-order valence-electron chi connectivity index (χ2n) is 3.63. The van der Waals surface area contributed by atoms with Gasteiger partial charge < -0.3 is 9.84 Å². The van der Waals surface area contributed by atoms with Gasteiger partial charge in [-0.15, -0.1) is 0 Å². The average Bonchev–Trinajstić information content (AvgIpc) is 2.64. The molecular formula is C11H14N4O. The molecule has 0 saturated carbocycles. The number of hydrogen-bond acceptors (Lipinski definition) is 5. The zero-order valence-electron chi connectivity index (χ0n) is 9.40. The first-order chi connectivity index (χ1) is 7.74. The lowest BCUT2D eigenvalue weighted by Crippen LogP contribution is -2.06. The van der Waals surface area contributed by atoms with Crippen molar-refractivity contribution in [1.29, 1.82) is 0 Å². The van der Waals surface area contributed by atoms with E-state index in [1.165, 1.54) is 5.56 Å². The lowest BCUT2D eigenvalue weighted by molar-refractivity contribution is 0.377. The first kappa shape index (κ1) is 10.6. The molecule has 0 aliphatic rings. The zero-order chi connectivity index (χ0) is 11.4. The summed E-state index contributed by atoms with van der Waals surface area (Å²) in [5.74, 6) is 2.19. The van der Waals surface area contributed by atoms with E-state index < -0.39 is 0 Å². The number of anilines is 1. The highest BCUT2D eigenvalue weighted by Gasteiger charge is 2.01. The molecule has 0 radical (unpaired) electrons. The van der Waals surface area contributed by atoms with E-state index >= 15 is 0 Å². The summed E-state index contributed by atoms with van der Waals surface area (Å²) in [6, 6.07) is 3.96. The molecule has 16 heavy (non-hydrogen) atoms. The number of rotatable bonds is 4. The Morgan fingerprint density at radius 2 is 2.25 bits per heavy atom. The Morgan fingerprint density at radius 3 is 2.94 bits per heavy atom. The SMILES string of the molecule is Cc1ccnc(NCCc2nc(C)no2)c1. The summed E-state index contributed by atoms with van der Waals surface area (Å²) in [6.07, 6.45) is 2.49. The Labute approximate surface area is 93.9 Å². The van der Waals surface area contributed by atoms with E-state index in [-0.39, 0.29) is 0 Å². The van der Waals surface area contributed by atoms with Crippen LogP contribution in [-0.4, -0.2) is 21.7 Å². The summed E-state index contributed by atoms with van der Waals surface area (Å²) in [5, 5.41) is 6.93. The lowest BCUT2D eigenvalue weighted by atomic mass is 10.3. The Hall–Kier alpha value is -1.91. The van der Waals surface area contributed by atoms with Crippen LogP contribution in [0.3, 0.4) is 0 Å². The van der Waals surface area contributed by atoms with Crippen LogP contribution in [0.5, 0.6) is 0 Å². The van der Waals surface area contributed by atoms with E-state index in [1.807, 2.05) is 26.0 Å². The quantitative estimate of drug-likeness (QED) is 0.846. The third-order valence-corrected chi connectivity index (χ3v) is 2.13. The number of pyridine rings is 1. The van der Waals surface area contributed by atoms with Crippen LogP contribution < -0.4 is 5.32 Å². The maximum Gasteiger partial charge on any atom is 0.228 e. The fourth-order valence-corrected chi connectivity index (χ4v) is 1.37. The van der Waals surface area contributed by atoms with Gasteiger partial charge in [0.2, 0.25) is 5.89 Å². The molecule has 0 spiro atoms. The molecule has 2 rings (SSSR count). The van der Waals surface area contributed by atoms with Crippen molar-refractivity contribution in [2.45, 2.75) is 20.3 Å². The van der Waals surface area contributed by atoms with Gasteiger partial charge in [0.05, 0.1) is 0 Å². The summed E-state index contributed by atoms with van der Waals surface area (Å²) in [4.78, 5) is 8.32. The summed E-state index contributed by atoms with van der Waals surface area (Å²) in [5.41, 5.74) is 1.19. The molecule has 5 nitrogen and oxygen atoms in total. The summed E-state index contributed by atoms with van der Waals surface area (Å²) in [7, 11) is 0. The minimum absolute atomic E-state index is 0.651. The number of nitrogens with one attached hydrogen (secondary N) is 1. The molecule has 0 fully saturated rings. The second-order valence-corrected chi connectivity index (χ2v) is 3.63. The monoisotopic (exact) mass is 218 g/mol. The molecule has 2 aromatic heterocycles. The number of nitrogens with zero attached hydrogens (tertiary/aromatic N) is 3. The Kier molecular flexibility index (Phi) is 3.14. The molecule has 0 aromatic carbocycles. The molecular weight excluding hydrogens is 204 g/mol. The molecule has 84 valence electrons. The second kappa shape index (κ2) is 4.74. The van der Waals surface area contributed by atoms with Crippen molar-refractivity contribution in [3.8, 4) is 0 Å². The Bertz CT molecular complexity index is 467. The summed E-state index contributed by atoms with van der Waals surface area (Å²) < 4.78 is 5.00. The van der Waals surface area contributed by atoms with Crippen LogP contribution in [0.2, 0.25) is 0 Å². The molecule has 0 unspecified atom stereocenters. The van der Waals surface area contributed by atoms with Gasteiger partial charge in [-0.2, -0.15) is 4.98 Å². The van der Waals surface area contributed by atoms with Crippen LogP contribution in [0, 0.1) is 13.8 Å². The Morgan fingerprint density at radius 1 is 1.38 bits per heavy atom. The zero-order valence-corrected chi connectivity index (χ0v) is 9.40. The predicted molar refractivity (Wildman–Crippen MR) is 60.2 cm³/mol. The first-order valence-electron chi connectivity index (χ1n) is 5.20. The summed E-state index contributed by atoms with van der Waals surface area (Å²) in [6.45, 7) is 4.58. The van der Waals surface area contributed by atoms with Crippen molar-refractivity contribution >= 4 is 5.82 Å².